The SMILES string of the molecule is CO/N=C(/C[n+]1cccc2ccccc21)c1ccc(C)cc1. The Bertz CT molecular complexity index is 802. The van der Waals surface area contributed by atoms with E-state index in [9.17, 15) is 0 Å². The topological polar surface area (TPSA) is 25.5 Å². The van der Waals surface area contributed by atoms with Crippen LogP contribution in [0.5, 0.6) is 0 Å². The Balaban J connectivity index is 2.00. The average molecular weight is 291 g/mol. The number of benzene rings is 2. The Morgan fingerprint density at radius 2 is 1.73 bits per heavy atom. The van der Waals surface area contributed by atoms with Crippen molar-refractivity contribution in [3.63, 3.8) is 0 Å². The van der Waals surface area contributed by atoms with Gasteiger partial charge in [0.25, 0.3) is 0 Å². The van der Waals surface area contributed by atoms with Crippen LogP contribution in [-0.2, 0) is 11.4 Å². The number of hydrogen-bond donors (Lipinski definition) is 0. The van der Waals surface area contributed by atoms with Gasteiger partial charge in [-0.25, -0.2) is 0 Å². The lowest BCUT2D eigenvalue weighted by molar-refractivity contribution is -0.655. The van der Waals surface area contributed by atoms with Gasteiger partial charge in [-0.15, -0.1) is 0 Å². The van der Waals surface area contributed by atoms with E-state index in [2.05, 4.69) is 83.5 Å². The van der Waals surface area contributed by atoms with Gasteiger partial charge < -0.3 is 4.84 Å². The van der Waals surface area contributed by atoms with E-state index in [0.717, 1.165) is 11.3 Å². The van der Waals surface area contributed by atoms with E-state index in [-0.39, 0.29) is 0 Å². The van der Waals surface area contributed by atoms with E-state index in [1.807, 2.05) is 0 Å². The van der Waals surface area contributed by atoms with Crippen molar-refractivity contribution < 1.29 is 9.40 Å². The van der Waals surface area contributed by atoms with Crippen LogP contribution < -0.4 is 4.57 Å². The summed E-state index contributed by atoms with van der Waals surface area (Å²) in [7, 11) is 1.59. The van der Waals surface area contributed by atoms with Crippen molar-refractivity contribution in [1.82, 2.24) is 0 Å². The summed E-state index contributed by atoms with van der Waals surface area (Å²) in [5.41, 5.74) is 4.40. The van der Waals surface area contributed by atoms with Gasteiger partial charge >= 0.3 is 0 Å². The largest absolute Gasteiger partial charge is 0.399 e. The molecule has 0 amide bonds. The number of para-hydroxylation sites is 1. The zero-order valence-electron chi connectivity index (χ0n) is 12.9. The molecule has 0 atom stereocenters. The first-order valence-corrected chi connectivity index (χ1v) is 7.32. The summed E-state index contributed by atoms with van der Waals surface area (Å²) in [6.45, 7) is 2.74. The van der Waals surface area contributed by atoms with Crippen LogP contribution in [0, 0.1) is 6.92 Å². The molecule has 3 heteroatoms. The maximum absolute atomic E-state index is 5.05. The van der Waals surface area contributed by atoms with Gasteiger partial charge in [0.1, 0.15) is 7.11 Å². The van der Waals surface area contributed by atoms with Gasteiger partial charge in [0.15, 0.2) is 18.5 Å². The first-order chi connectivity index (χ1) is 10.8. The smallest absolute Gasteiger partial charge is 0.212 e. The molecule has 22 heavy (non-hydrogen) atoms. The van der Waals surface area contributed by atoms with Crippen molar-refractivity contribution in [3.05, 3.63) is 78.0 Å². The first-order valence-electron chi connectivity index (χ1n) is 7.32. The van der Waals surface area contributed by atoms with Crippen LogP contribution in [0.15, 0.2) is 72.0 Å². The van der Waals surface area contributed by atoms with Crippen molar-refractivity contribution >= 4 is 16.6 Å². The van der Waals surface area contributed by atoms with Crippen LogP contribution in [0.3, 0.4) is 0 Å². The molecule has 3 rings (SSSR count). The van der Waals surface area contributed by atoms with Gasteiger partial charge in [-0.1, -0.05) is 47.1 Å². The first kappa shape index (κ1) is 14.3. The number of fused-ring (bicyclic) bond motifs is 1. The third kappa shape index (κ3) is 2.98. The summed E-state index contributed by atoms with van der Waals surface area (Å²) in [6, 6.07) is 20.9. The fourth-order valence-corrected chi connectivity index (χ4v) is 2.55. The fraction of sp³-hybridized carbons (Fsp3) is 0.158. The van der Waals surface area contributed by atoms with E-state index in [1.54, 1.807) is 7.11 Å². The molecule has 0 bridgehead atoms. The van der Waals surface area contributed by atoms with Gasteiger partial charge in [-0.3, -0.25) is 0 Å². The van der Waals surface area contributed by atoms with Gasteiger partial charge in [0, 0.05) is 23.1 Å². The molecule has 3 aromatic rings. The Kier molecular flexibility index (Phi) is 4.15. The zero-order chi connectivity index (χ0) is 15.4. The number of rotatable bonds is 4. The summed E-state index contributed by atoms with van der Waals surface area (Å²) in [6.07, 6.45) is 2.07. The highest BCUT2D eigenvalue weighted by molar-refractivity contribution is 5.99. The molecule has 0 spiro atoms. The lowest BCUT2D eigenvalue weighted by atomic mass is 10.1. The minimum absolute atomic E-state index is 0.665. The van der Waals surface area contributed by atoms with Gasteiger partial charge in [-0.05, 0) is 19.1 Å². The highest BCUT2D eigenvalue weighted by Gasteiger charge is 2.14. The average Bonchev–Trinajstić information content (AvgIpc) is 2.55. The summed E-state index contributed by atoms with van der Waals surface area (Å²) < 4.78 is 2.19. The molecule has 0 saturated heterocycles. The minimum atomic E-state index is 0.665. The lowest BCUT2D eigenvalue weighted by Gasteiger charge is -2.05. The van der Waals surface area contributed by atoms with E-state index >= 15 is 0 Å². The second-order valence-electron chi connectivity index (χ2n) is 5.28. The number of aromatic nitrogens is 1. The minimum Gasteiger partial charge on any atom is -0.399 e. The number of aryl methyl sites for hydroxylation is 1. The maximum atomic E-state index is 5.05. The molecule has 0 unspecified atom stereocenters. The van der Waals surface area contributed by atoms with Crippen molar-refractivity contribution in [2.45, 2.75) is 13.5 Å². The highest BCUT2D eigenvalue weighted by Crippen LogP contribution is 2.10. The van der Waals surface area contributed by atoms with Crippen molar-refractivity contribution in [2.75, 3.05) is 7.11 Å². The molecule has 3 nitrogen and oxygen atoms in total. The van der Waals surface area contributed by atoms with Gasteiger partial charge in [0.05, 0.1) is 0 Å². The van der Waals surface area contributed by atoms with Crippen LogP contribution in [0.4, 0.5) is 0 Å². The number of pyridine rings is 1. The Labute approximate surface area is 130 Å². The van der Waals surface area contributed by atoms with Crippen LogP contribution in [0.2, 0.25) is 0 Å². The Morgan fingerprint density at radius 3 is 2.50 bits per heavy atom. The Morgan fingerprint density at radius 1 is 1.00 bits per heavy atom. The molecule has 2 aromatic carbocycles. The monoisotopic (exact) mass is 291 g/mol. The third-order valence-corrected chi connectivity index (χ3v) is 3.69. The molecule has 0 saturated carbocycles. The van der Waals surface area contributed by atoms with E-state index in [0.29, 0.717) is 6.54 Å². The van der Waals surface area contributed by atoms with Crippen LogP contribution >= 0.6 is 0 Å². The van der Waals surface area contributed by atoms with Gasteiger partial charge in [0.2, 0.25) is 5.52 Å². The summed E-state index contributed by atoms with van der Waals surface area (Å²) in [5.74, 6) is 0. The molecule has 0 aliphatic heterocycles. The molecule has 0 N–H and O–H groups in total. The normalized spacial score (nSPS) is 11.6. The predicted molar refractivity (Wildman–Crippen MR) is 88.9 cm³/mol. The molecule has 0 fully saturated rings. The van der Waals surface area contributed by atoms with E-state index in [4.69, 9.17) is 4.84 Å². The molecule has 0 aliphatic carbocycles. The van der Waals surface area contributed by atoms with E-state index < -0.39 is 0 Å². The standard InChI is InChI=1S/C19H19N2O/c1-15-9-11-16(12-10-15)18(20-22-2)14-21-13-5-7-17-6-3-4-8-19(17)21/h3-13H,14H2,1-2H3/q+1/b20-18-. The van der Waals surface area contributed by atoms with E-state index in [1.165, 1.54) is 16.5 Å². The summed E-state index contributed by atoms with van der Waals surface area (Å²) in [4.78, 5) is 5.05. The maximum Gasteiger partial charge on any atom is 0.212 e. The summed E-state index contributed by atoms with van der Waals surface area (Å²) >= 11 is 0. The second kappa shape index (κ2) is 6.39. The van der Waals surface area contributed by atoms with Crippen LogP contribution in [-0.4, -0.2) is 12.8 Å². The van der Waals surface area contributed by atoms with Gasteiger partial charge in [-0.2, -0.15) is 4.57 Å². The predicted octanol–water partition coefficient (Wildman–Crippen LogP) is 3.49. The highest BCUT2D eigenvalue weighted by atomic mass is 16.6. The molecule has 0 radical (unpaired) electrons. The molecular formula is C19H19N2O+. The summed E-state index contributed by atoms with van der Waals surface area (Å²) in [5, 5.41) is 5.44. The quantitative estimate of drug-likeness (QED) is 0.410. The number of nitrogens with zero attached hydrogens (tertiary/aromatic N) is 2. The molecular weight excluding hydrogens is 272 g/mol. The Hall–Kier alpha value is -2.68. The molecule has 0 aliphatic rings. The van der Waals surface area contributed by atoms with Crippen LogP contribution in [0.1, 0.15) is 11.1 Å². The number of hydrogen-bond acceptors (Lipinski definition) is 2. The zero-order valence-corrected chi connectivity index (χ0v) is 12.9. The third-order valence-electron chi connectivity index (χ3n) is 3.69. The molecule has 1 aromatic heterocycles. The molecule has 1 heterocycles. The number of oxime groups is 1. The fourth-order valence-electron chi connectivity index (χ4n) is 2.55. The molecule has 110 valence electrons. The van der Waals surface area contributed by atoms with Crippen molar-refractivity contribution in [2.24, 2.45) is 5.16 Å². The van der Waals surface area contributed by atoms with Crippen molar-refractivity contribution in [3.8, 4) is 0 Å². The van der Waals surface area contributed by atoms with Crippen molar-refractivity contribution in [1.29, 1.82) is 0 Å². The second-order valence-corrected chi connectivity index (χ2v) is 5.28. The lowest BCUT2D eigenvalue weighted by Crippen LogP contribution is -2.38. The van der Waals surface area contributed by atoms with Crippen LogP contribution in [0.25, 0.3) is 10.9 Å².